The van der Waals surface area contributed by atoms with Gasteiger partial charge in [0.15, 0.2) is 17.4 Å². The first kappa shape index (κ1) is 17.6. The van der Waals surface area contributed by atoms with Crippen LogP contribution >= 0.6 is 0 Å². The van der Waals surface area contributed by atoms with E-state index in [1.54, 1.807) is 12.3 Å². The first-order valence-electron chi connectivity index (χ1n) is 8.90. The quantitative estimate of drug-likeness (QED) is 0.706. The van der Waals surface area contributed by atoms with Crippen molar-refractivity contribution in [2.45, 2.75) is 19.9 Å². The van der Waals surface area contributed by atoms with Crippen LogP contribution in [0.4, 0.5) is 10.2 Å². The number of anilines is 1. The van der Waals surface area contributed by atoms with E-state index in [0.29, 0.717) is 24.6 Å². The molecule has 7 heteroatoms. The van der Waals surface area contributed by atoms with Crippen LogP contribution in [0.5, 0.6) is 5.75 Å². The van der Waals surface area contributed by atoms with E-state index >= 15 is 0 Å². The molecule has 0 radical (unpaired) electrons. The molecule has 1 atom stereocenters. The second-order valence-electron chi connectivity index (χ2n) is 6.63. The molecular weight excluding hydrogens is 347 g/mol. The number of fused-ring (bicyclic) bond motifs is 1. The Hall–Kier alpha value is -2.80. The normalized spacial score (nSPS) is 17.3. The highest BCUT2D eigenvalue weighted by molar-refractivity contribution is 5.88. The third-order valence-corrected chi connectivity index (χ3v) is 4.84. The molecule has 0 saturated carbocycles. The Morgan fingerprint density at radius 1 is 1.22 bits per heavy atom. The summed E-state index contributed by atoms with van der Waals surface area (Å²) in [6.45, 7) is 6.21. The number of morpholine rings is 1. The van der Waals surface area contributed by atoms with Gasteiger partial charge in [0.1, 0.15) is 11.3 Å². The van der Waals surface area contributed by atoms with Crippen molar-refractivity contribution in [1.29, 1.82) is 0 Å². The lowest BCUT2D eigenvalue weighted by atomic mass is 10.1. The van der Waals surface area contributed by atoms with Crippen LogP contribution in [0.15, 0.2) is 30.5 Å². The predicted octanol–water partition coefficient (Wildman–Crippen LogP) is 3.37. The van der Waals surface area contributed by atoms with Crippen molar-refractivity contribution in [3.05, 3.63) is 42.0 Å². The molecular formula is C20H21FN4O2. The molecule has 1 fully saturated rings. The molecule has 4 rings (SSSR count). The van der Waals surface area contributed by atoms with Crippen molar-refractivity contribution in [2.75, 3.05) is 31.8 Å². The largest absolute Gasteiger partial charge is 0.491 e. The number of hydrogen-bond donors (Lipinski definition) is 0. The van der Waals surface area contributed by atoms with E-state index in [1.807, 2.05) is 19.1 Å². The molecule has 3 heterocycles. The van der Waals surface area contributed by atoms with Gasteiger partial charge in [-0.3, -0.25) is 0 Å². The first-order valence-corrected chi connectivity index (χ1v) is 8.90. The van der Waals surface area contributed by atoms with Gasteiger partial charge in [0.25, 0.3) is 0 Å². The predicted molar refractivity (Wildman–Crippen MR) is 102 cm³/mol. The summed E-state index contributed by atoms with van der Waals surface area (Å²) in [7, 11) is 1.44. The fourth-order valence-corrected chi connectivity index (χ4v) is 3.38. The minimum absolute atomic E-state index is 0.131. The maximum atomic E-state index is 14.1. The number of aryl methyl sites for hydroxylation is 1. The fourth-order valence-electron chi connectivity index (χ4n) is 3.38. The van der Waals surface area contributed by atoms with Gasteiger partial charge >= 0.3 is 0 Å². The minimum atomic E-state index is -0.441. The molecule has 0 amide bonds. The average Bonchev–Trinajstić information content (AvgIpc) is 2.68. The lowest BCUT2D eigenvalue weighted by molar-refractivity contribution is 0.0985. The Kier molecular flexibility index (Phi) is 4.61. The molecule has 0 bridgehead atoms. The van der Waals surface area contributed by atoms with E-state index < -0.39 is 5.82 Å². The third kappa shape index (κ3) is 3.19. The highest BCUT2D eigenvalue weighted by atomic mass is 19.1. The van der Waals surface area contributed by atoms with Crippen molar-refractivity contribution >= 4 is 16.7 Å². The molecule has 0 spiro atoms. The van der Waals surface area contributed by atoms with Gasteiger partial charge in [-0.15, -0.1) is 0 Å². The Bertz CT molecular complexity index is 978. The Labute approximate surface area is 157 Å². The summed E-state index contributed by atoms with van der Waals surface area (Å²) < 4.78 is 24.8. The number of methoxy groups -OCH3 is 1. The molecule has 0 unspecified atom stereocenters. The number of benzene rings is 1. The van der Waals surface area contributed by atoms with Crippen LogP contribution in [-0.4, -0.2) is 47.9 Å². The Morgan fingerprint density at radius 2 is 2.07 bits per heavy atom. The Balaban J connectivity index is 1.74. The third-order valence-electron chi connectivity index (χ3n) is 4.84. The van der Waals surface area contributed by atoms with Crippen molar-refractivity contribution in [1.82, 2.24) is 15.0 Å². The topological polar surface area (TPSA) is 60.4 Å². The molecule has 27 heavy (non-hydrogen) atoms. The van der Waals surface area contributed by atoms with Crippen LogP contribution in [0.2, 0.25) is 0 Å². The van der Waals surface area contributed by atoms with Gasteiger partial charge in [0.05, 0.1) is 26.4 Å². The zero-order valence-corrected chi connectivity index (χ0v) is 15.6. The Morgan fingerprint density at radius 3 is 2.78 bits per heavy atom. The van der Waals surface area contributed by atoms with Crippen molar-refractivity contribution in [3.63, 3.8) is 0 Å². The molecule has 0 aliphatic carbocycles. The molecule has 2 aromatic heterocycles. The van der Waals surface area contributed by atoms with Crippen LogP contribution in [0.3, 0.4) is 0 Å². The van der Waals surface area contributed by atoms with Crippen LogP contribution in [0.25, 0.3) is 22.3 Å². The standard InChI is InChI=1S/C20H21FN4O2/c1-12-11-27-9-8-25(12)17-7-4-14(10-22-17)20-23-13(2)15-5-6-16(21)19(26-3)18(15)24-20/h4-7,10,12H,8-9,11H2,1-3H3/t12-/m1/s1. The van der Waals surface area contributed by atoms with E-state index in [9.17, 15) is 4.39 Å². The van der Waals surface area contributed by atoms with E-state index in [0.717, 1.165) is 29.0 Å². The number of pyridine rings is 1. The summed E-state index contributed by atoms with van der Waals surface area (Å²) in [5, 5.41) is 0.767. The van der Waals surface area contributed by atoms with Crippen molar-refractivity contribution in [2.24, 2.45) is 0 Å². The minimum Gasteiger partial charge on any atom is -0.491 e. The van der Waals surface area contributed by atoms with Crippen LogP contribution < -0.4 is 9.64 Å². The van der Waals surface area contributed by atoms with Crippen LogP contribution in [0.1, 0.15) is 12.6 Å². The number of ether oxygens (including phenoxy) is 2. The molecule has 0 N–H and O–H groups in total. The van der Waals surface area contributed by atoms with Gasteiger partial charge in [-0.2, -0.15) is 0 Å². The van der Waals surface area contributed by atoms with Crippen LogP contribution in [-0.2, 0) is 4.74 Å². The second kappa shape index (κ2) is 7.08. The number of hydrogen-bond acceptors (Lipinski definition) is 6. The molecule has 1 aromatic carbocycles. The van der Waals surface area contributed by atoms with E-state index in [1.165, 1.54) is 13.2 Å². The van der Waals surface area contributed by atoms with Gasteiger partial charge in [0, 0.05) is 29.4 Å². The monoisotopic (exact) mass is 368 g/mol. The van der Waals surface area contributed by atoms with E-state index in [-0.39, 0.29) is 11.8 Å². The van der Waals surface area contributed by atoms with E-state index in [2.05, 4.69) is 26.8 Å². The summed E-state index contributed by atoms with van der Waals surface area (Å²) in [5.74, 6) is 1.09. The molecule has 3 aromatic rings. The molecule has 1 aliphatic heterocycles. The van der Waals surface area contributed by atoms with Gasteiger partial charge in [-0.1, -0.05) is 0 Å². The van der Waals surface area contributed by atoms with Gasteiger partial charge in [0.2, 0.25) is 0 Å². The maximum Gasteiger partial charge on any atom is 0.180 e. The molecule has 1 aliphatic rings. The first-order chi connectivity index (χ1) is 13.1. The zero-order valence-electron chi connectivity index (χ0n) is 15.6. The lowest BCUT2D eigenvalue weighted by Crippen LogP contribution is -2.44. The number of rotatable bonds is 3. The summed E-state index contributed by atoms with van der Waals surface area (Å²) in [5.41, 5.74) is 2.00. The van der Waals surface area contributed by atoms with Crippen molar-refractivity contribution < 1.29 is 13.9 Å². The summed E-state index contributed by atoms with van der Waals surface area (Å²) in [4.78, 5) is 15.9. The summed E-state index contributed by atoms with van der Waals surface area (Å²) in [6, 6.07) is 7.23. The highest BCUT2D eigenvalue weighted by Gasteiger charge is 2.20. The number of nitrogens with zero attached hydrogens (tertiary/aromatic N) is 4. The smallest absolute Gasteiger partial charge is 0.180 e. The van der Waals surface area contributed by atoms with Gasteiger partial charge in [-0.05, 0) is 38.1 Å². The average molecular weight is 368 g/mol. The van der Waals surface area contributed by atoms with E-state index in [4.69, 9.17) is 9.47 Å². The molecule has 140 valence electrons. The SMILES string of the molecule is COc1c(F)ccc2c(C)nc(-c3ccc(N4CCOC[C@H]4C)nc3)nc12. The van der Waals surface area contributed by atoms with Crippen LogP contribution in [0, 0.1) is 12.7 Å². The lowest BCUT2D eigenvalue weighted by Gasteiger charge is -2.34. The summed E-state index contributed by atoms with van der Waals surface area (Å²) >= 11 is 0. The van der Waals surface area contributed by atoms with Crippen molar-refractivity contribution in [3.8, 4) is 17.1 Å². The molecule has 6 nitrogen and oxygen atoms in total. The molecule has 1 saturated heterocycles. The zero-order chi connectivity index (χ0) is 19.0. The number of aromatic nitrogens is 3. The number of halogens is 1. The second-order valence-corrected chi connectivity index (χ2v) is 6.63. The maximum absolute atomic E-state index is 14.1. The highest BCUT2D eigenvalue weighted by Crippen LogP contribution is 2.30. The van der Waals surface area contributed by atoms with Gasteiger partial charge < -0.3 is 14.4 Å². The summed E-state index contributed by atoms with van der Waals surface area (Å²) in [6.07, 6.45) is 1.75. The fraction of sp³-hybridized carbons (Fsp3) is 0.350. The van der Waals surface area contributed by atoms with Gasteiger partial charge in [-0.25, -0.2) is 19.3 Å².